The van der Waals surface area contributed by atoms with Crippen LogP contribution in [0.2, 0.25) is 0 Å². The maximum atomic E-state index is 12.4. The van der Waals surface area contributed by atoms with Crippen molar-refractivity contribution >= 4 is 28.5 Å². The van der Waals surface area contributed by atoms with Crippen LogP contribution in [-0.4, -0.2) is 41.1 Å². The molecular weight excluding hydrogens is 394 g/mol. The third-order valence-electron chi connectivity index (χ3n) is 4.95. The summed E-state index contributed by atoms with van der Waals surface area (Å²) in [6, 6.07) is 14.4. The van der Waals surface area contributed by atoms with Crippen LogP contribution in [0.15, 0.2) is 59.7 Å². The summed E-state index contributed by atoms with van der Waals surface area (Å²) in [7, 11) is 0. The number of anilines is 1. The molecule has 3 amide bonds. The number of rotatable bonds is 5. The van der Waals surface area contributed by atoms with E-state index in [2.05, 4.69) is 27.5 Å². The number of urea groups is 1. The van der Waals surface area contributed by atoms with Gasteiger partial charge in [0, 0.05) is 37.3 Å². The number of carbonyl (C=O) groups is 2. The van der Waals surface area contributed by atoms with Crippen molar-refractivity contribution < 1.29 is 9.59 Å². The van der Waals surface area contributed by atoms with Crippen molar-refractivity contribution in [2.24, 2.45) is 0 Å². The molecule has 8 nitrogen and oxygen atoms in total. The van der Waals surface area contributed by atoms with Crippen molar-refractivity contribution in [1.29, 1.82) is 0 Å². The number of aromatic nitrogens is 2. The highest BCUT2D eigenvalue weighted by Crippen LogP contribution is 2.16. The Morgan fingerprint density at radius 3 is 2.71 bits per heavy atom. The van der Waals surface area contributed by atoms with Gasteiger partial charge in [0.15, 0.2) is 0 Å². The average Bonchev–Trinajstić information content (AvgIpc) is 3.23. The van der Waals surface area contributed by atoms with Crippen LogP contribution in [0.25, 0.3) is 10.9 Å². The standard InChI is InChI=1S/C23H21N5O3/c29-21(11-14-27-16-26-20-6-2-1-5-19(20)22(27)30)24-12-3-4-17-7-9-18(10-8-17)28-15-13-25-23(28)31/h1-2,5-10,16H,11-15H2,(H,24,29)(H,25,31). The normalized spacial score (nSPS) is 12.9. The summed E-state index contributed by atoms with van der Waals surface area (Å²) in [6.07, 6.45) is 1.63. The Kier molecular flexibility index (Phi) is 5.94. The van der Waals surface area contributed by atoms with Crippen molar-refractivity contribution in [3.63, 3.8) is 0 Å². The summed E-state index contributed by atoms with van der Waals surface area (Å²) >= 11 is 0. The molecule has 0 radical (unpaired) electrons. The van der Waals surface area contributed by atoms with Gasteiger partial charge in [-0.05, 0) is 36.4 Å². The Morgan fingerprint density at radius 2 is 1.94 bits per heavy atom. The van der Waals surface area contributed by atoms with E-state index in [9.17, 15) is 14.4 Å². The molecule has 156 valence electrons. The van der Waals surface area contributed by atoms with Gasteiger partial charge in [-0.2, -0.15) is 0 Å². The number of benzene rings is 2. The minimum atomic E-state index is -0.190. The molecule has 2 heterocycles. The lowest BCUT2D eigenvalue weighted by atomic mass is 10.2. The number of para-hydroxylation sites is 1. The molecule has 8 heteroatoms. The zero-order valence-corrected chi connectivity index (χ0v) is 16.8. The van der Waals surface area contributed by atoms with Crippen molar-refractivity contribution in [1.82, 2.24) is 20.2 Å². The van der Waals surface area contributed by atoms with Gasteiger partial charge >= 0.3 is 6.03 Å². The van der Waals surface area contributed by atoms with Crippen LogP contribution in [0.4, 0.5) is 10.5 Å². The molecule has 1 aromatic heterocycles. The van der Waals surface area contributed by atoms with E-state index in [1.54, 1.807) is 23.1 Å². The summed E-state index contributed by atoms with van der Waals surface area (Å²) in [5, 5.41) is 6.03. The van der Waals surface area contributed by atoms with E-state index in [4.69, 9.17) is 0 Å². The van der Waals surface area contributed by atoms with Gasteiger partial charge in [-0.1, -0.05) is 24.0 Å². The van der Waals surface area contributed by atoms with E-state index in [1.165, 1.54) is 10.9 Å². The zero-order valence-electron chi connectivity index (χ0n) is 16.8. The quantitative estimate of drug-likeness (QED) is 0.617. The van der Waals surface area contributed by atoms with E-state index in [0.717, 1.165) is 11.3 Å². The number of hydrogen-bond acceptors (Lipinski definition) is 4. The highest BCUT2D eigenvalue weighted by molar-refractivity contribution is 5.94. The molecule has 1 aliphatic heterocycles. The van der Waals surface area contributed by atoms with Gasteiger partial charge in [0.1, 0.15) is 0 Å². The molecule has 0 spiro atoms. The molecule has 31 heavy (non-hydrogen) atoms. The first kappa shape index (κ1) is 20.2. The molecule has 3 aromatic rings. The molecule has 4 rings (SSSR count). The summed E-state index contributed by atoms with van der Waals surface area (Å²) in [5.74, 6) is 5.70. The third kappa shape index (κ3) is 4.73. The Balaban J connectivity index is 1.26. The van der Waals surface area contributed by atoms with Gasteiger partial charge in [-0.3, -0.25) is 19.1 Å². The molecule has 1 saturated heterocycles. The van der Waals surface area contributed by atoms with Crippen LogP contribution in [0.1, 0.15) is 12.0 Å². The van der Waals surface area contributed by atoms with Gasteiger partial charge in [-0.25, -0.2) is 9.78 Å². The molecule has 1 fully saturated rings. The predicted octanol–water partition coefficient (Wildman–Crippen LogP) is 1.48. The maximum absolute atomic E-state index is 12.4. The van der Waals surface area contributed by atoms with Gasteiger partial charge in [-0.15, -0.1) is 0 Å². The van der Waals surface area contributed by atoms with Crippen LogP contribution in [0.3, 0.4) is 0 Å². The Morgan fingerprint density at radius 1 is 1.13 bits per heavy atom. The summed E-state index contributed by atoms with van der Waals surface area (Å²) in [5.41, 5.74) is 2.10. The first-order valence-electron chi connectivity index (χ1n) is 9.97. The van der Waals surface area contributed by atoms with Crippen molar-refractivity contribution in [3.8, 4) is 11.8 Å². The van der Waals surface area contributed by atoms with Crippen LogP contribution >= 0.6 is 0 Å². The molecule has 0 bridgehead atoms. The molecule has 1 aliphatic rings. The molecule has 0 unspecified atom stereocenters. The maximum Gasteiger partial charge on any atom is 0.321 e. The Labute approximate surface area is 178 Å². The fourth-order valence-corrected chi connectivity index (χ4v) is 3.31. The van der Waals surface area contributed by atoms with Crippen molar-refractivity contribution in [3.05, 3.63) is 70.8 Å². The highest BCUT2D eigenvalue weighted by Gasteiger charge is 2.20. The molecule has 0 atom stereocenters. The molecular formula is C23H21N5O3. The predicted molar refractivity (Wildman–Crippen MR) is 118 cm³/mol. The Bertz CT molecular complexity index is 1240. The number of amides is 3. The molecule has 0 aliphatic carbocycles. The lowest BCUT2D eigenvalue weighted by Gasteiger charge is -2.13. The summed E-state index contributed by atoms with van der Waals surface area (Å²) in [6.45, 7) is 1.75. The van der Waals surface area contributed by atoms with E-state index in [1.807, 2.05) is 30.3 Å². The topological polar surface area (TPSA) is 96.3 Å². The van der Waals surface area contributed by atoms with Crippen LogP contribution < -0.4 is 21.1 Å². The lowest BCUT2D eigenvalue weighted by Crippen LogP contribution is -2.27. The fourth-order valence-electron chi connectivity index (χ4n) is 3.31. The van der Waals surface area contributed by atoms with Crippen molar-refractivity contribution in [2.75, 3.05) is 24.5 Å². The monoisotopic (exact) mass is 415 g/mol. The van der Waals surface area contributed by atoms with Gasteiger partial charge < -0.3 is 10.6 Å². The second kappa shape index (κ2) is 9.13. The molecule has 2 N–H and O–H groups in total. The Hall–Kier alpha value is -4.12. The minimum Gasteiger partial charge on any atom is -0.345 e. The van der Waals surface area contributed by atoms with E-state index < -0.39 is 0 Å². The first-order valence-corrected chi connectivity index (χ1v) is 9.97. The van der Waals surface area contributed by atoms with Gasteiger partial charge in [0.25, 0.3) is 5.56 Å². The largest absolute Gasteiger partial charge is 0.345 e. The SMILES string of the molecule is O=C(CCn1cnc2ccccc2c1=O)NCC#Cc1ccc(N2CCNC2=O)cc1. The summed E-state index contributed by atoms with van der Waals surface area (Å²) in [4.78, 5) is 42.1. The van der Waals surface area contributed by atoms with Gasteiger partial charge in [0.05, 0.1) is 23.8 Å². The number of carbonyl (C=O) groups excluding carboxylic acids is 2. The van der Waals surface area contributed by atoms with Crippen LogP contribution in [0, 0.1) is 11.8 Å². The number of nitrogens with one attached hydrogen (secondary N) is 2. The lowest BCUT2D eigenvalue weighted by molar-refractivity contribution is -0.121. The van der Waals surface area contributed by atoms with E-state index in [0.29, 0.717) is 24.0 Å². The minimum absolute atomic E-state index is 0.0942. The highest BCUT2D eigenvalue weighted by atomic mass is 16.2. The molecule has 0 saturated carbocycles. The van der Waals surface area contributed by atoms with Crippen molar-refractivity contribution in [2.45, 2.75) is 13.0 Å². The van der Waals surface area contributed by atoms with E-state index >= 15 is 0 Å². The second-order valence-corrected chi connectivity index (χ2v) is 7.02. The van der Waals surface area contributed by atoms with E-state index in [-0.39, 0.29) is 37.0 Å². The van der Waals surface area contributed by atoms with Gasteiger partial charge in [0.2, 0.25) is 5.91 Å². The number of nitrogens with zero attached hydrogens (tertiary/aromatic N) is 3. The van der Waals surface area contributed by atoms with Crippen LogP contribution in [-0.2, 0) is 11.3 Å². The summed E-state index contributed by atoms with van der Waals surface area (Å²) < 4.78 is 1.44. The first-order chi connectivity index (χ1) is 15.1. The number of aryl methyl sites for hydroxylation is 1. The van der Waals surface area contributed by atoms with Crippen LogP contribution in [0.5, 0.6) is 0 Å². The second-order valence-electron chi connectivity index (χ2n) is 7.02. The third-order valence-corrected chi connectivity index (χ3v) is 4.95. The smallest absolute Gasteiger partial charge is 0.321 e. The zero-order chi connectivity index (χ0) is 21.6. The number of hydrogen-bond donors (Lipinski definition) is 2. The fraction of sp³-hybridized carbons (Fsp3) is 0.217. The number of fused-ring (bicyclic) bond motifs is 1. The average molecular weight is 415 g/mol. The molecule has 2 aromatic carbocycles.